The minimum absolute atomic E-state index is 0.00324. The van der Waals surface area contributed by atoms with Gasteiger partial charge in [0.2, 0.25) is 5.91 Å². The maximum atomic E-state index is 11.2. The van der Waals surface area contributed by atoms with E-state index >= 15 is 0 Å². The summed E-state index contributed by atoms with van der Waals surface area (Å²) in [5.41, 5.74) is 2.03. The molecule has 1 unspecified atom stereocenters. The van der Waals surface area contributed by atoms with Crippen LogP contribution in [-0.2, 0) is 4.79 Å². The van der Waals surface area contributed by atoms with Crippen molar-refractivity contribution in [2.75, 3.05) is 5.32 Å². The lowest BCUT2D eigenvalue weighted by Crippen LogP contribution is -2.19. The smallest absolute Gasteiger partial charge is 0.237 e. The molecule has 4 heteroatoms. The van der Waals surface area contributed by atoms with E-state index in [2.05, 4.69) is 21.2 Å². The van der Waals surface area contributed by atoms with Crippen LogP contribution in [-0.4, -0.2) is 10.7 Å². The summed E-state index contributed by atoms with van der Waals surface area (Å²) in [7, 11) is 0. The van der Waals surface area contributed by atoms with Crippen molar-refractivity contribution in [1.82, 2.24) is 0 Å². The summed E-state index contributed by atoms with van der Waals surface area (Å²) in [6, 6.07) is 0. The molecule has 1 amide bonds. The molecular formula is C8H10BrNOS. The highest BCUT2D eigenvalue weighted by Crippen LogP contribution is 2.19. The van der Waals surface area contributed by atoms with Crippen molar-refractivity contribution in [3.8, 4) is 0 Å². The van der Waals surface area contributed by atoms with E-state index in [1.807, 2.05) is 17.7 Å². The van der Waals surface area contributed by atoms with Crippen LogP contribution in [0.1, 0.15) is 12.5 Å². The number of alkyl halides is 1. The molecule has 1 N–H and O–H groups in total. The first-order chi connectivity index (χ1) is 5.61. The topological polar surface area (TPSA) is 29.1 Å². The number of nitrogens with one attached hydrogen (secondary N) is 1. The molecule has 0 saturated heterocycles. The molecule has 0 aliphatic carbocycles. The molecule has 0 fully saturated rings. The predicted octanol–water partition coefficient (Wildman–Crippen LogP) is 2.78. The molecule has 1 aromatic heterocycles. The molecule has 1 aromatic rings. The third-order valence-electron chi connectivity index (χ3n) is 1.47. The van der Waals surface area contributed by atoms with Crippen LogP contribution in [0.15, 0.2) is 10.8 Å². The predicted molar refractivity (Wildman–Crippen MR) is 56.1 cm³/mol. The number of anilines is 1. The summed E-state index contributed by atoms with van der Waals surface area (Å²) in [5, 5.41) is 6.76. The number of hydrogen-bond acceptors (Lipinski definition) is 2. The fourth-order valence-corrected chi connectivity index (χ4v) is 1.62. The summed E-state index contributed by atoms with van der Waals surface area (Å²) >= 11 is 4.79. The monoisotopic (exact) mass is 247 g/mol. The first kappa shape index (κ1) is 9.74. The van der Waals surface area contributed by atoms with Gasteiger partial charge < -0.3 is 5.32 Å². The Labute approximate surface area is 84.1 Å². The van der Waals surface area contributed by atoms with Gasteiger partial charge in [0.25, 0.3) is 0 Å². The van der Waals surface area contributed by atoms with E-state index in [9.17, 15) is 4.79 Å². The van der Waals surface area contributed by atoms with Crippen molar-refractivity contribution < 1.29 is 4.79 Å². The van der Waals surface area contributed by atoms with Gasteiger partial charge in [-0.1, -0.05) is 15.9 Å². The van der Waals surface area contributed by atoms with Gasteiger partial charge in [-0.25, -0.2) is 0 Å². The number of rotatable bonds is 2. The lowest BCUT2D eigenvalue weighted by atomic mass is 10.3. The molecule has 0 aliphatic rings. The Bertz CT molecular complexity index is 282. The van der Waals surface area contributed by atoms with Gasteiger partial charge in [-0.3, -0.25) is 4.79 Å². The molecule has 0 saturated carbocycles. The van der Waals surface area contributed by atoms with Gasteiger partial charge >= 0.3 is 0 Å². The van der Waals surface area contributed by atoms with Gasteiger partial charge in [-0.2, -0.15) is 0 Å². The minimum atomic E-state index is -0.142. The van der Waals surface area contributed by atoms with Gasteiger partial charge in [0.15, 0.2) is 0 Å². The molecule has 0 aromatic carbocycles. The van der Waals surface area contributed by atoms with Crippen molar-refractivity contribution in [3.63, 3.8) is 0 Å². The molecule has 0 radical (unpaired) electrons. The zero-order chi connectivity index (χ0) is 9.14. The molecule has 0 aliphatic heterocycles. The van der Waals surface area contributed by atoms with Crippen LogP contribution in [0, 0.1) is 6.92 Å². The molecule has 1 atom stereocenters. The molecule has 12 heavy (non-hydrogen) atoms. The second-order valence-corrected chi connectivity index (χ2v) is 4.69. The summed E-state index contributed by atoms with van der Waals surface area (Å²) in [6.45, 7) is 3.78. The number of halogens is 1. The van der Waals surface area contributed by atoms with E-state index in [0.29, 0.717) is 0 Å². The highest BCUT2D eigenvalue weighted by atomic mass is 79.9. The molecule has 0 bridgehead atoms. The Morgan fingerprint density at radius 1 is 1.67 bits per heavy atom. The second-order valence-electron chi connectivity index (χ2n) is 2.57. The van der Waals surface area contributed by atoms with Crippen molar-refractivity contribution in [3.05, 3.63) is 16.3 Å². The molecular weight excluding hydrogens is 238 g/mol. The van der Waals surface area contributed by atoms with Crippen LogP contribution in [0.2, 0.25) is 0 Å². The van der Waals surface area contributed by atoms with Crippen LogP contribution >= 0.6 is 27.3 Å². The van der Waals surface area contributed by atoms with Crippen molar-refractivity contribution in [2.24, 2.45) is 0 Å². The molecule has 1 rings (SSSR count). The van der Waals surface area contributed by atoms with E-state index in [1.54, 1.807) is 18.3 Å². The van der Waals surface area contributed by atoms with Crippen molar-refractivity contribution >= 4 is 38.9 Å². The molecule has 66 valence electrons. The molecule has 0 spiro atoms. The van der Waals surface area contributed by atoms with Gasteiger partial charge in [0, 0.05) is 5.38 Å². The maximum Gasteiger partial charge on any atom is 0.237 e. The average Bonchev–Trinajstić information content (AvgIpc) is 2.36. The second kappa shape index (κ2) is 4.05. The van der Waals surface area contributed by atoms with Crippen LogP contribution in [0.4, 0.5) is 5.69 Å². The van der Waals surface area contributed by atoms with Gasteiger partial charge in [0.05, 0.1) is 10.5 Å². The zero-order valence-corrected chi connectivity index (χ0v) is 9.33. The number of carbonyl (C=O) groups is 1. The Morgan fingerprint density at radius 2 is 2.33 bits per heavy atom. The minimum Gasteiger partial charge on any atom is -0.324 e. The Hall–Kier alpha value is -0.350. The molecule has 2 nitrogen and oxygen atoms in total. The largest absolute Gasteiger partial charge is 0.324 e. The summed E-state index contributed by atoms with van der Waals surface area (Å²) in [6.07, 6.45) is 0. The number of aryl methyl sites for hydroxylation is 1. The van der Waals surface area contributed by atoms with Crippen molar-refractivity contribution in [1.29, 1.82) is 0 Å². The van der Waals surface area contributed by atoms with Gasteiger partial charge in [0.1, 0.15) is 0 Å². The Kier molecular flexibility index (Phi) is 3.29. The van der Waals surface area contributed by atoms with Crippen molar-refractivity contribution in [2.45, 2.75) is 18.7 Å². The fourth-order valence-electron chi connectivity index (χ4n) is 0.721. The number of hydrogen-bond donors (Lipinski definition) is 1. The number of carbonyl (C=O) groups excluding carboxylic acids is 1. The Morgan fingerprint density at radius 3 is 2.75 bits per heavy atom. The van der Waals surface area contributed by atoms with E-state index in [0.717, 1.165) is 11.3 Å². The molecule has 1 heterocycles. The number of amides is 1. The van der Waals surface area contributed by atoms with E-state index in [-0.39, 0.29) is 10.7 Å². The summed E-state index contributed by atoms with van der Waals surface area (Å²) in [5.74, 6) is -0.00324. The fraction of sp³-hybridized carbons (Fsp3) is 0.375. The van der Waals surface area contributed by atoms with Crippen LogP contribution in [0.3, 0.4) is 0 Å². The zero-order valence-electron chi connectivity index (χ0n) is 6.93. The van der Waals surface area contributed by atoms with E-state index in [1.165, 1.54) is 0 Å². The third-order valence-corrected chi connectivity index (χ3v) is 2.75. The third kappa shape index (κ3) is 2.32. The first-order valence-electron chi connectivity index (χ1n) is 3.59. The summed E-state index contributed by atoms with van der Waals surface area (Å²) < 4.78 is 0. The quantitative estimate of drug-likeness (QED) is 0.801. The normalized spacial score (nSPS) is 12.6. The first-order valence-corrected chi connectivity index (χ1v) is 5.45. The van der Waals surface area contributed by atoms with Gasteiger partial charge in [-0.05, 0) is 24.8 Å². The Balaban J connectivity index is 2.64. The SMILES string of the molecule is Cc1cscc1NC(=O)C(C)Br. The van der Waals surface area contributed by atoms with Gasteiger partial charge in [-0.15, -0.1) is 11.3 Å². The van der Waals surface area contributed by atoms with E-state index < -0.39 is 0 Å². The van der Waals surface area contributed by atoms with Crippen LogP contribution in [0.25, 0.3) is 0 Å². The summed E-state index contributed by atoms with van der Waals surface area (Å²) in [4.78, 5) is 11.1. The highest BCUT2D eigenvalue weighted by molar-refractivity contribution is 9.10. The number of thiophene rings is 1. The maximum absolute atomic E-state index is 11.2. The lowest BCUT2D eigenvalue weighted by molar-refractivity contribution is -0.115. The lowest BCUT2D eigenvalue weighted by Gasteiger charge is -2.04. The highest BCUT2D eigenvalue weighted by Gasteiger charge is 2.09. The van der Waals surface area contributed by atoms with Crippen LogP contribution < -0.4 is 5.32 Å². The standard InChI is InChI=1S/C8H10BrNOS/c1-5-3-12-4-7(5)10-8(11)6(2)9/h3-4,6H,1-2H3,(H,10,11). The average molecular weight is 248 g/mol. The van der Waals surface area contributed by atoms with E-state index in [4.69, 9.17) is 0 Å². The van der Waals surface area contributed by atoms with Crippen LogP contribution in [0.5, 0.6) is 0 Å².